The number of rotatable bonds is 3. The maximum atomic E-state index is 8.60. The van der Waals surface area contributed by atoms with Gasteiger partial charge in [0.15, 0.2) is 0 Å². The lowest BCUT2D eigenvalue weighted by Gasteiger charge is -2.06. The second-order valence-electron chi connectivity index (χ2n) is 3.37. The van der Waals surface area contributed by atoms with Gasteiger partial charge in [-0.15, -0.1) is 0 Å². The van der Waals surface area contributed by atoms with Crippen LogP contribution in [-0.4, -0.2) is 11.7 Å². The molecule has 0 spiro atoms. The standard InChI is InChI=1S/C8H16O/c1-6(3-4-9)8-5-7(8)2/h6-9H,3-5H2,1-2H3/t6-,7+,8-/m0/s1. The second kappa shape index (κ2) is 2.70. The van der Waals surface area contributed by atoms with E-state index in [2.05, 4.69) is 13.8 Å². The van der Waals surface area contributed by atoms with Gasteiger partial charge in [-0.05, 0) is 30.6 Å². The highest BCUT2D eigenvalue weighted by Crippen LogP contribution is 2.44. The first-order valence-corrected chi connectivity index (χ1v) is 3.86. The van der Waals surface area contributed by atoms with E-state index < -0.39 is 0 Å². The summed E-state index contributed by atoms with van der Waals surface area (Å²) < 4.78 is 0. The predicted octanol–water partition coefficient (Wildman–Crippen LogP) is 1.66. The molecule has 0 heterocycles. The van der Waals surface area contributed by atoms with Crippen molar-refractivity contribution in [2.45, 2.75) is 26.7 Å². The van der Waals surface area contributed by atoms with E-state index in [0.717, 1.165) is 24.2 Å². The van der Waals surface area contributed by atoms with Gasteiger partial charge in [-0.2, -0.15) is 0 Å². The summed E-state index contributed by atoms with van der Waals surface area (Å²) in [4.78, 5) is 0. The highest BCUT2D eigenvalue weighted by Gasteiger charge is 2.36. The summed E-state index contributed by atoms with van der Waals surface area (Å²) >= 11 is 0. The fourth-order valence-corrected chi connectivity index (χ4v) is 1.56. The van der Waals surface area contributed by atoms with E-state index in [1.165, 1.54) is 6.42 Å². The Morgan fingerprint density at radius 3 is 2.56 bits per heavy atom. The quantitative estimate of drug-likeness (QED) is 0.613. The highest BCUT2D eigenvalue weighted by atomic mass is 16.3. The topological polar surface area (TPSA) is 20.2 Å². The largest absolute Gasteiger partial charge is 0.396 e. The Hall–Kier alpha value is -0.0400. The lowest BCUT2D eigenvalue weighted by molar-refractivity contribution is 0.251. The van der Waals surface area contributed by atoms with Gasteiger partial charge in [0.25, 0.3) is 0 Å². The molecule has 1 aliphatic carbocycles. The molecule has 0 unspecified atom stereocenters. The molecule has 0 saturated heterocycles. The van der Waals surface area contributed by atoms with Gasteiger partial charge in [0.05, 0.1) is 0 Å². The van der Waals surface area contributed by atoms with Crippen LogP contribution in [0.2, 0.25) is 0 Å². The van der Waals surface area contributed by atoms with Crippen LogP contribution in [0.4, 0.5) is 0 Å². The molecular formula is C8H16O. The summed E-state index contributed by atoms with van der Waals surface area (Å²) in [7, 11) is 0. The van der Waals surface area contributed by atoms with Crippen LogP contribution in [0.15, 0.2) is 0 Å². The molecule has 9 heavy (non-hydrogen) atoms. The van der Waals surface area contributed by atoms with E-state index >= 15 is 0 Å². The molecule has 1 nitrogen and oxygen atoms in total. The predicted molar refractivity (Wildman–Crippen MR) is 38.1 cm³/mol. The van der Waals surface area contributed by atoms with Crippen molar-refractivity contribution >= 4 is 0 Å². The van der Waals surface area contributed by atoms with Gasteiger partial charge in [0, 0.05) is 6.61 Å². The van der Waals surface area contributed by atoms with Crippen molar-refractivity contribution < 1.29 is 5.11 Å². The minimum absolute atomic E-state index is 0.365. The molecule has 1 aliphatic rings. The molecule has 1 saturated carbocycles. The molecule has 0 aromatic carbocycles. The summed E-state index contributed by atoms with van der Waals surface area (Å²) in [5.74, 6) is 2.62. The third-order valence-corrected chi connectivity index (χ3v) is 2.49. The molecule has 0 radical (unpaired) electrons. The first-order chi connectivity index (χ1) is 4.25. The summed E-state index contributed by atoms with van der Waals surface area (Å²) in [6.45, 7) is 4.90. The number of hydrogen-bond donors (Lipinski definition) is 1. The lowest BCUT2D eigenvalue weighted by Crippen LogP contribution is -2.00. The van der Waals surface area contributed by atoms with Crippen LogP contribution in [0.3, 0.4) is 0 Å². The molecule has 1 rings (SSSR count). The summed E-state index contributed by atoms with van der Waals surface area (Å²) in [6, 6.07) is 0. The van der Waals surface area contributed by atoms with E-state index in [1.807, 2.05) is 0 Å². The maximum absolute atomic E-state index is 8.60. The first kappa shape index (κ1) is 7.07. The zero-order valence-corrected chi connectivity index (χ0v) is 6.30. The lowest BCUT2D eigenvalue weighted by atomic mass is 10.0. The number of aliphatic hydroxyl groups is 1. The molecule has 0 aliphatic heterocycles. The van der Waals surface area contributed by atoms with Gasteiger partial charge < -0.3 is 5.11 Å². The smallest absolute Gasteiger partial charge is 0.0433 e. The number of aliphatic hydroxyl groups excluding tert-OH is 1. The van der Waals surface area contributed by atoms with Crippen LogP contribution in [0.25, 0.3) is 0 Å². The van der Waals surface area contributed by atoms with Crippen molar-refractivity contribution in [2.75, 3.05) is 6.61 Å². The van der Waals surface area contributed by atoms with Crippen molar-refractivity contribution in [1.82, 2.24) is 0 Å². The van der Waals surface area contributed by atoms with E-state index in [1.54, 1.807) is 0 Å². The Balaban J connectivity index is 2.11. The molecule has 0 aromatic rings. The van der Waals surface area contributed by atoms with Crippen LogP contribution in [-0.2, 0) is 0 Å². The second-order valence-corrected chi connectivity index (χ2v) is 3.37. The fourth-order valence-electron chi connectivity index (χ4n) is 1.56. The minimum Gasteiger partial charge on any atom is -0.396 e. The zero-order valence-electron chi connectivity index (χ0n) is 6.30. The van der Waals surface area contributed by atoms with Gasteiger partial charge in [-0.25, -0.2) is 0 Å². The average Bonchev–Trinajstić information content (AvgIpc) is 2.47. The summed E-state index contributed by atoms with van der Waals surface area (Å²) in [6.07, 6.45) is 2.39. The SMILES string of the molecule is C[C@@H]1C[C@H]1[C@@H](C)CCO. The maximum Gasteiger partial charge on any atom is 0.0433 e. The molecular weight excluding hydrogens is 112 g/mol. The third-order valence-electron chi connectivity index (χ3n) is 2.49. The first-order valence-electron chi connectivity index (χ1n) is 3.86. The van der Waals surface area contributed by atoms with Crippen molar-refractivity contribution in [2.24, 2.45) is 17.8 Å². The molecule has 1 fully saturated rings. The monoisotopic (exact) mass is 128 g/mol. The van der Waals surface area contributed by atoms with Gasteiger partial charge >= 0.3 is 0 Å². The Labute approximate surface area is 57.1 Å². The fraction of sp³-hybridized carbons (Fsp3) is 1.00. The van der Waals surface area contributed by atoms with E-state index in [0.29, 0.717) is 6.61 Å². The van der Waals surface area contributed by atoms with Crippen molar-refractivity contribution in [3.05, 3.63) is 0 Å². The Kier molecular flexibility index (Phi) is 2.12. The minimum atomic E-state index is 0.365. The highest BCUT2D eigenvalue weighted by molar-refractivity contribution is 4.85. The van der Waals surface area contributed by atoms with Gasteiger partial charge in [-0.1, -0.05) is 13.8 Å². The molecule has 1 N–H and O–H groups in total. The molecule has 0 amide bonds. The average molecular weight is 128 g/mol. The van der Waals surface area contributed by atoms with Crippen LogP contribution in [0, 0.1) is 17.8 Å². The van der Waals surface area contributed by atoms with Gasteiger partial charge in [-0.3, -0.25) is 0 Å². The van der Waals surface area contributed by atoms with Crippen LogP contribution >= 0.6 is 0 Å². The van der Waals surface area contributed by atoms with Crippen molar-refractivity contribution in [3.63, 3.8) is 0 Å². The third kappa shape index (κ3) is 1.68. The Morgan fingerprint density at radius 2 is 2.22 bits per heavy atom. The van der Waals surface area contributed by atoms with Crippen molar-refractivity contribution in [3.8, 4) is 0 Å². The van der Waals surface area contributed by atoms with Gasteiger partial charge in [0.1, 0.15) is 0 Å². The van der Waals surface area contributed by atoms with Crippen LogP contribution in [0.5, 0.6) is 0 Å². The Morgan fingerprint density at radius 1 is 1.67 bits per heavy atom. The summed E-state index contributed by atoms with van der Waals surface area (Å²) in [5, 5.41) is 8.60. The molecule has 0 bridgehead atoms. The number of hydrogen-bond acceptors (Lipinski definition) is 1. The summed E-state index contributed by atoms with van der Waals surface area (Å²) in [5.41, 5.74) is 0. The van der Waals surface area contributed by atoms with E-state index in [4.69, 9.17) is 5.11 Å². The zero-order chi connectivity index (χ0) is 6.85. The normalized spacial score (nSPS) is 36.3. The Bertz CT molecular complexity index is 90.6. The molecule has 1 heteroatoms. The van der Waals surface area contributed by atoms with E-state index in [-0.39, 0.29) is 0 Å². The molecule has 0 aromatic heterocycles. The van der Waals surface area contributed by atoms with Crippen LogP contribution in [0.1, 0.15) is 26.7 Å². The molecule has 54 valence electrons. The van der Waals surface area contributed by atoms with Gasteiger partial charge in [0.2, 0.25) is 0 Å². The molecule has 3 atom stereocenters. The van der Waals surface area contributed by atoms with E-state index in [9.17, 15) is 0 Å². The van der Waals surface area contributed by atoms with Crippen LogP contribution < -0.4 is 0 Å². The van der Waals surface area contributed by atoms with Crippen molar-refractivity contribution in [1.29, 1.82) is 0 Å².